The van der Waals surface area contributed by atoms with Gasteiger partial charge in [-0.3, -0.25) is 4.55 Å². The number of halogens is 1. The normalized spacial score (nSPS) is 11.9. The van der Waals surface area contributed by atoms with Crippen molar-refractivity contribution in [1.29, 1.82) is 0 Å². The molecule has 4 nitrogen and oxygen atoms in total. The lowest BCUT2D eigenvalue weighted by atomic mass is 10.1. The Bertz CT molecular complexity index is 667. The third-order valence-corrected chi connectivity index (χ3v) is 3.85. The van der Waals surface area contributed by atoms with E-state index in [0.717, 1.165) is 4.47 Å². The molecule has 0 aliphatic rings. The van der Waals surface area contributed by atoms with Gasteiger partial charge in [0.15, 0.2) is 0 Å². The summed E-state index contributed by atoms with van der Waals surface area (Å²) in [5, 5.41) is 0.981. The summed E-state index contributed by atoms with van der Waals surface area (Å²) in [5.41, 5.74) is 6.04. The van der Waals surface area contributed by atoms with Crippen molar-refractivity contribution in [2.24, 2.45) is 0 Å². The van der Waals surface area contributed by atoms with E-state index in [1.54, 1.807) is 24.3 Å². The number of anilines is 1. The first-order valence-corrected chi connectivity index (χ1v) is 6.59. The maximum absolute atomic E-state index is 11.2. The summed E-state index contributed by atoms with van der Waals surface area (Å²) in [6, 6.07) is 7.91. The molecule has 0 atom stereocenters. The Labute approximate surface area is 101 Å². The molecule has 0 amide bonds. The van der Waals surface area contributed by atoms with Crippen LogP contribution >= 0.6 is 15.9 Å². The Balaban J connectivity index is 3.04. The first-order chi connectivity index (χ1) is 7.41. The number of benzene rings is 2. The number of rotatable bonds is 1. The number of fused-ring (bicyclic) bond motifs is 1. The fourth-order valence-electron chi connectivity index (χ4n) is 1.58. The Morgan fingerprint density at radius 3 is 2.50 bits per heavy atom. The van der Waals surface area contributed by atoms with Crippen LogP contribution in [0.25, 0.3) is 10.8 Å². The van der Waals surface area contributed by atoms with Crippen LogP contribution in [-0.2, 0) is 10.1 Å². The first kappa shape index (κ1) is 11.4. The van der Waals surface area contributed by atoms with E-state index in [2.05, 4.69) is 15.9 Å². The zero-order valence-electron chi connectivity index (χ0n) is 8.01. The van der Waals surface area contributed by atoms with Crippen molar-refractivity contribution in [3.8, 4) is 0 Å². The Hall–Kier alpha value is -1.11. The van der Waals surface area contributed by atoms with Crippen LogP contribution in [-0.4, -0.2) is 13.0 Å². The molecule has 0 unspecified atom stereocenters. The molecule has 0 radical (unpaired) electrons. The lowest BCUT2D eigenvalue weighted by molar-refractivity contribution is 0.484. The van der Waals surface area contributed by atoms with Gasteiger partial charge in [-0.2, -0.15) is 8.42 Å². The molecule has 84 valence electrons. The van der Waals surface area contributed by atoms with E-state index in [9.17, 15) is 8.42 Å². The molecule has 0 fully saturated rings. The number of nitrogen functional groups attached to an aromatic ring is 1. The number of hydrogen-bond donors (Lipinski definition) is 2. The van der Waals surface area contributed by atoms with E-state index in [1.165, 1.54) is 6.07 Å². The van der Waals surface area contributed by atoms with Crippen molar-refractivity contribution < 1.29 is 13.0 Å². The Kier molecular flexibility index (Phi) is 2.65. The molecule has 0 aliphatic heterocycles. The van der Waals surface area contributed by atoms with Gasteiger partial charge in [0.1, 0.15) is 4.90 Å². The average Bonchev–Trinajstić information content (AvgIpc) is 2.18. The largest absolute Gasteiger partial charge is 0.398 e. The molecular weight excluding hydrogens is 294 g/mol. The van der Waals surface area contributed by atoms with Gasteiger partial charge in [0.2, 0.25) is 0 Å². The summed E-state index contributed by atoms with van der Waals surface area (Å²) in [6.45, 7) is 0. The van der Waals surface area contributed by atoms with Crippen molar-refractivity contribution in [1.82, 2.24) is 0 Å². The van der Waals surface area contributed by atoms with Gasteiger partial charge in [0.05, 0.1) is 0 Å². The van der Waals surface area contributed by atoms with Crippen molar-refractivity contribution in [3.63, 3.8) is 0 Å². The highest BCUT2D eigenvalue weighted by Crippen LogP contribution is 2.33. The highest BCUT2D eigenvalue weighted by Gasteiger charge is 2.16. The second-order valence-corrected chi connectivity index (χ2v) is 5.53. The quantitative estimate of drug-likeness (QED) is 0.626. The fraction of sp³-hybridized carbons (Fsp3) is 0. The van der Waals surface area contributed by atoms with Gasteiger partial charge in [0.25, 0.3) is 10.1 Å². The molecule has 16 heavy (non-hydrogen) atoms. The van der Waals surface area contributed by atoms with Crippen LogP contribution in [0.15, 0.2) is 39.7 Å². The summed E-state index contributed by atoms with van der Waals surface area (Å²) < 4.78 is 32.2. The van der Waals surface area contributed by atoms with E-state index < -0.39 is 10.1 Å². The topological polar surface area (TPSA) is 80.4 Å². The Morgan fingerprint density at radius 1 is 1.19 bits per heavy atom. The highest BCUT2D eigenvalue weighted by atomic mass is 79.9. The third-order valence-electron chi connectivity index (χ3n) is 2.26. The third kappa shape index (κ3) is 1.79. The van der Waals surface area contributed by atoms with Gasteiger partial charge in [-0.25, -0.2) is 0 Å². The van der Waals surface area contributed by atoms with E-state index in [-0.39, 0.29) is 4.90 Å². The van der Waals surface area contributed by atoms with E-state index in [4.69, 9.17) is 10.3 Å². The summed E-state index contributed by atoms with van der Waals surface area (Å²) >= 11 is 3.30. The predicted octanol–water partition coefficient (Wildman–Crippen LogP) is 2.43. The van der Waals surface area contributed by atoms with E-state index in [1.807, 2.05) is 0 Å². The van der Waals surface area contributed by atoms with Crippen LogP contribution < -0.4 is 5.73 Å². The number of hydrogen-bond acceptors (Lipinski definition) is 3. The van der Waals surface area contributed by atoms with Gasteiger partial charge in [-0.15, -0.1) is 0 Å². The van der Waals surface area contributed by atoms with Crippen LogP contribution in [0.5, 0.6) is 0 Å². The van der Waals surface area contributed by atoms with Gasteiger partial charge in [-0.1, -0.05) is 28.1 Å². The van der Waals surface area contributed by atoms with Crippen molar-refractivity contribution in [2.45, 2.75) is 4.90 Å². The second kappa shape index (κ2) is 3.73. The molecule has 0 bridgehead atoms. The zero-order valence-corrected chi connectivity index (χ0v) is 10.4. The second-order valence-electron chi connectivity index (χ2n) is 3.29. The van der Waals surface area contributed by atoms with E-state index in [0.29, 0.717) is 16.5 Å². The minimum Gasteiger partial charge on any atom is -0.398 e. The van der Waals surface area contributed by atoms with Crippen LogP contribution in [0.4, 0.5) is 5.69 Å². The molecule has 2 aromatic rings. The van der Waals surface area contributed by atoms with E-state index >= 15 is 0 Å². The molecule has 0 saturated heterocycles. The van der Waals surface area contributed by atoms with Gasteiger partial charge in [-0.05, 0) is 23.6 Å². The summed E-state index contributed by atoms with van der Waals surface area (Å²) in [6.07, 6.45) is 0. The lowest BCUT2D eigenvalue weighted by Gasteiger charge is -2.08. The molecular formula is C10H8BrNO3S. The summed E-state index contributed by atoms with van der Waals surface area (Å²) in [5.74, 6) is 0. The molecule has 0 heterocycles. The fourth-order valence-corrected chi connectivity index (χ4v) is 2.77. The van der Waals surface area contributed by atoms with Gasteiger partial charge >= 0.3 is 0 Å². The molecule has 0 spiro atoms. The van der Waals surface area contributed by atoms with Crippen LogP contribution in [0, 0.1) is 0 Å². The van der Waals surface area contributed by atoms with Gasteiger partial charge < -0.3 is 5.73 Å². The summed E-state index contributed by atoms with van der Waals surface area (Å²) in [7, 11) is -4.27. The monoisotopic (exact) mass is 301 g/mol. The van der Waals surface area contributed by atoms with Gasteiger partial charge in [0, 0.05) is 15.5 Å². The molecule has 0 aromatic heterocycles. The molecule has 3 N–H and O–H groups in total. The van der Waals surface area contributed by atoms with Crippen molar-refractivity contribution in [2.75, 3.05) is 5.73 Å². The predicted molar refractivity (Wildman–Crippen MR) is 65.9 cm³/mol. The molecule has 0 saturated carbocycles. The summed E-state index contributed by atoms with van der Waals surface area (Å²) in [4.78, 5) is -0.177. The van der Waals surface area contributed by atoms with Crippen LogP contribution in [0.1, 0.15) is 0 Å². The molecule has 2 rings (SSSR count). The zero-order chi connectivity index (χ0) is 11.9. The minimum atomic E-state index is -4.27. The minimum absolute atomic E-state index is 0.177. The first-order valence-electron chi connectivity index (χ1n) is 4.35. The molecule has 2 aromatic carbocycles. The average molecular weight is 302 g/mol. The Morgan fingerprint density at radius 2 is 1.88 bits per heavy atom. The van der Waals surface area contributed by atoms with Crippen LogP contribution in [0.3, 0.4) is 0 Å². The smallest absolute Gasteiger partial charge is 0.295 e. The molecule has 6 heteroatoms. The highest BCUT2D eigenvalue weighted by molar-refractivity contribution is 9.10. The maximum atomic E-state index is 11.2. The van der Waals surface area contributed by atoms with Crippen LogP contribution in [0.2, 0.25) is 0 Å². The SMILES string of the molecule is Nc1cccc2c(Br)ccc(S(=O)(=O)O)c12. The number of nitrogens with two attached hydrogens (primary N) is 1. The van der Waals surface area contributed by atoms with Crippen molar-refractivity contribution >= 4 is 42.5 Å². The standard InChI is InChI=1S/C10H8BrNO3S/c11-7-4-5-9(16(13,14)15)10-6(7)2-1-3-8(10)12/h1-5H,12H2,(H,13,14,15). The van der Waals surface area contributed by atoms with Crippen molar-refractivity contribution in [3.05, 3.63) is 34.8 Å². The lowest BCUT2D eigenvalue weighted by Crippen LogP contribution is -2.01. The maximum Gasteiger partial charge on any atom is 0.295 e. The molecule has 0 aliphatic carbocycles.